The van der Waals surface area contributed by atoms with Gasteiger partial charge in [0.25, 0.3) is 11.5 Å². The van der Waals surface area contributed by atoms with Crippen LogP contribution in [0.4, 0.5) is 18.9 Å². The van der Waals surface area contributed by atoms with E-state index in [1.807, 2.05) is 6.92 Å². The number of fused-ring (bicyclic) bond motifs is 1. The largest absolute Gasteiger partial charge is 0.417 e. The molecule has 4 rings (SSSR count). The number of para-hydroxylation sites is 1. The number of anilines is 1. The molecule has 0 aliphatic carbocycles. The Kier molecular flexibility index (Phi) is 5.48. The summed E-state index contributed by atoms with van der Waals surface area (Å²) < 4.78 is 41.5. The molecule has 0 radical (unpaired) electrons. The molecule has 32 heavy (non-hydrogen) atoms. The number of carbonyl (C=O) groups is 1. The summed E-state index contributed by atoms with van der Waals surface area (Å²) >= 11 is 0. The van der Waals surface area contributed by atoms with Crippen LogP contribution in [0.25, 0.3) is 22.3 Å². The van der Waals surface area contributed by atoms with Crippen LogP contribution in [-0.2, 0) is 12.6 Å². The van der Waals surface area contributed by atoms with Gasteiger partial charge in [-0.15, -0.1) is 0 Å². The molecule has 2 heterocycles. The second-order valence-corrected chi connectivity index (χ2v) is 7.04. The first-order chi connectivity index (χ1) is 15.3. The molecule has 2 N–H and O–H groups in total. The minimum absolute atomic E-state index is 0.143. The van der Waals surface area contributed by atoms with Crippen molar-refractivity contribution in [2.75, 3.05) is 5.32 Å². The number of alkyl halides is 3. The van der Waals surface area contributed by atoms with Crippen LogP contribution in [0.2, 0.25) is 0 Å². The first kappa shape index (κ1) is 21.2. The highest BCUT2D eigenvalue weighted by Crippen LogP contribution is 2.37. The molecule has 0 saturated carbocycles. The molecule has 1 amide bonds. The van der Waals surface area contributed by atoms with Gasteiger partial charge in [-0.05, 0) is 24.6 Å². The maximum Gasteiger partial charge on any atom is 0.417 e. The van der Waals surface area contributed by atoms with E-state index in [0.717, 1.165) is 6.20 Å². The molecule has 0 atom stereocenters. The van der Waals surface area contributed by atoms with Gasteiger partial charge in [-0.3, -0.25) is 14.6 Å². The Morgan fingerprint density at radius 2 is 1.88 bits per heavy atom. The Labute approximate surface area is 180 Å². The summed E-state index contributed by atoms with van der Waals surface area (Å²) in [5.74, 6) is -0.648. The lowest BCUT2D eigenvalue weighted by molar-refractivity contribution is -0.136. The molecule has 9 heteroatoms. The summed E-state index contributed by atoms with van der Waals surface area (Å²) in [5, 5.41) is 2.34. The number of hydrogen-bond acceptors (Lipinski definition) is 4. The summed E-state index contributed by atoms with van der Waals surface area (Å²) in [7, 11) is 0. The topological polar surface area (TPSA) is 87.7 Å². The molecule has 0 fully saturated rings. The van der Waals surface area contributed by atoms with Gasteiger partial charge in [0.05, 0.1) is 16.6 Å². The minimum atomic E-state index is -4.75. The molecule has 6 nitrogen and oxygen atoms in total. The van der Waals surface area contributed by atoms with Crippen molar-refractivity contribution in [2.24, 2.45) is 0 Å². The van der Waals surface area contributed by atoms with Gasteiger partial charge in [-0.25, -0.2) is 4.98 Å². The molecule has 4 aromatic rings. The molecule has 0 saturated heterocycles. The molecule has 2 aromatic heterocycles. The lowest BCUT2D eigenvalue weighted by Gasteiger charge is -2.15. The van der Waals surface area contributed by atoms with E-state index in [2.05, 4.69) is 20.3 Å². The van der Waals surface area contributed by atoms with Crippen molar-refractivity contribution in [3.8, 4) is 11.4 Å². The zero-order valence-electron chi connectivity index (χ0n) is 16.8. The monoisotopic (exact) mass is 438 g/mol. The van der Waals surface area contributed by atoms with E-state index in [1.165, 1.54) is 36.4 Å². The van der Waals surface area contributed by atoms with Gasteiger partial charge in [0.2, 0.25) is 0 Å². The van der Waals surface area contributed by atoms with Crippen LogP contribution in [0.15, 0.2) is 65.6 Å². The van der Waals surface area contributed by atoms with E-state index in [9.17, 15) is 22.8 Å². The van der Waals surface area contributed by atoms with Gasteiger partial charge in [0.15, 0.2) is 0 Å². The van der Waals surface area contributed by atoms with Gasteiger partial charge in [-0.2, -0.15) is 13.2 Å². The van der Waals surface area contributed by atoms with Crippen molar-refractivity contribution in [3.05, 3.63) is 88.0 Å². The van der Waals surface area contributed by atoms with E-state index >= 15 is 0 Å². The number of amides is 1. The second-order valence-electron chi connectivity index (χ2n) is 7.04. The standard InChI is InChI=1S/C23H17F3N4O2/c1-2-14-11-19(31)30-21(28-14)13-6-5-7-15(10-13)29-22(32)17-12-27-18-9-4-3-8-16(18)20(17)23(24,25)26/h3-12H,2H2,1H3,(H,29,32)(H,28,30,31). The maximum absolute atomic E-state index is 13.8. The fourth-order valence-corrected chi connectivity index (χ4v) is 3.39. The number of nitrogens with one attached hydrogen (secondary N) is 2. The Bertz CT molecular complexity index is 1380. The van der Waals surface area contributed by atoms with Crippen molar-refractivity contribution < 1.29 is 18.0 Å². The smallest absolute Gasteiger partial charge is 0.322 e. The van der Waals surface area contributed by atoms with Gasteiger partial charge in [-0.1, -0.05) is 37.3 Å². The van der Waals surface area contributed by atoms with Crippen molar-refractivity contribution in [1.82, 2.24) is 15.0 Å². The zero-order chi connectivity index (χ0) is 22.9. The van der Waals surface area contributed by atoms with E-state index in [-0.39, 0.29) is 22.1 Å². The van der Waals surface area contributed by atoms with Crippen molar-refractivity contribution >= 4 is 22.5 Å². The maximum atomic E-state index is 13.8. The molecule has 0 unspecified atom stereocenters. The molecule has 0 aliphatic heterocycles. The zero-order valence-corrected chi connectivity index (χ0v) is 16.8. The fraction of sp³-hybridized carbons (Fsp3) is 0.130. The van der Waals surface area contributed by atoms with E-state index in [4.69, 9.17) is 0 Å². The van der Waals surface area contributed by atoms with Crippen LogP contribution in [0, 0.1) is 0 Å². The summed E-state index contributed by atoms with van der Waals surface area (Å²) in [5.41, 5.74) is -0.460. The lowest BCUT2D eigenvalue weighted by Crippen LogP contribution is -2.20. The number of carbonyl (C=O) groups excluding carboxylic acids is 1. The third-order valence-electron chi connectivity index (χ3n) is 4.85. The molecule has 162 valence electrons. The summed E-state index contributed by atoms with van der Waals surface area (Å²) in [6.45, 7) is 1.86. The van der Waals surface area contributed by atoms with Crippen LogP contribution in [-0.4, -0.2) is 20.9 Å². The van der Waals surface area contributed by atoms with E-state index in [0.29, 0.717) is 23.5 Å². The summed E-state index contributed by atoms with van der Waals surface area (Å²) in [6.07, 6.45) is -3.27. The van der Waals surface area contributed by atoms with Crippen LogP contribution >= 0.6 is 0 Å². The average Bonchev–Trinajstić information content (AvgIpc) is 2.77. The number of hydrogen-bond donors (Lipinski definition) is 2. The number of benzene rings is 2. The van der Waals surface area contributed by atoms with Gasteiger partial charge in [0, 0.05) is 34.6 Å². The molecule has 0 aliphatic rings. The Hall–Kier alpha value is -4.01. The first-order valence-corrected chi connectivity index (χ1v) is 9.73. The Morgan fingerprint density at radius 1 is 1.09 bits per heavy atom. The number of halogens is 3. The highest BCUT2D eigenvalue weighted by atomic mass is 19.4. The molecular weight excluding hydrogens is 421 g/mol. The second kappa shape index (κ2) is 8.26. The fourth-order valence-electron chi connectivity index (χ4n) is 3.39. The minimum Gasteiger partial charge on any atom is -0.322 e. The van der Waals surface area contributed by atoms with Crippen molar-refractivity contribution in [2.45, 2.75) is 19.5 Å². The van der Waals surface area contributed by atoms with Crippen molar-refractivity contribution in [3.63, 3.8) is 0 Å². The van der Waals surface area contributed by atoms with Crippen LogP contribution in [0.5, 0.6) is 0 Å². The predicted molar refractivity (Wildman–Crippen MR) is 114 cm³/mol. The number of nitrogens with zero attached hydrogens (tertiary/aromatic N) is 2. The summed E-state index contributed by atoms with van der Waals surface area (Å²) in [6, 6.07) is 13.5. The number of aryl methyl sites for hydroxylation is 1. The number of aromatic amines is 1. The average molecular weight is 438 g/mol. The SMILES string of the molecule is CCc1cc(=O)[nH]c(-c2cccc(NC(=O)c3cnc4ccccc4c3C(F)(F)F)c2)n1. The predicted octanol–water partition coefficient (Wildman–Crippen LogP) is 4.82. The number of H-pyrrole nitrogens is 1. The molecule has 0 spiro atoms. The number of pyridine rings is 1. The van der Waals surface area contributed by atoms with Crippen LogP contribution in [0.1, 0.15) is 28.5 Å². The first-order valence-electron chi connectivity index (χ1n) is 9.73. The summed E-state index contributed by atoms with van der Waals surface area (Å²) in [4.78, 5) is 35.6. The van der Waals surface area contributed by atoms with Crippen molar-refractivity contribution in [1.29, 1.82) is 0 Å². The molecule has 0 bridgehead atoms. The van der Waals surface area contributed by atoms with Gasteiger partial charge in [0.1, 0.15) is 5.82 Å². The Morgan fingerprint density at radius 3 is 2.62 bits per heavy atom. The highest BCUT2D eigenvalue weighted by molar-refractivity contribution is 6.08. The lowest BCUT2D eigenvalue weighted by atomic mass is 10.0. The third kappa shape index (κ3) is 4.22. The number of aromatic nitrogens is 3. The normalized spacial score (nSPS) is 11.5. The van der Waals surface area contributed by atoms with Crippen LogP contribution < -0.4 is 10.9 Å². The third-order valence-corrected chi connectivity index (χ3v) is 4.85. The van der Waals surface area contributed by atoms with E-state index in [1.54, 1.807) is 18.2 Å². The quantitative estimate of drug-likeness (QED) is 0.478. The number of rotatable bonds is 4. The molecular formula is C23H17F3N4O2. The van der Waals surface area contributed by atoms with E-state index < -0.39 is 23.2 Å². The van der Waals surface area contributed by atoms with Gasteiger partial charge < -0.3 is 10.3 Å². The highest BCUT2D eigenvalue weighted by Gasteiger charge is 2.37. The van der Waals surface area contributed by atoms with Crippen LogP contribution in [0.3, 0.4) is 0 Å². The van der Waals surface area contributed by atoms with Gasteiger partial charge >= 0.3 is 6.18 Å². The molecule has 2 aromatic carbocycles. The Balaban J connectivity index is 1.72.